The van der Waals surface area contributed by atoms with Crippen LogP contribution in [-0.2, 0) is 30.4 Å². The number of H-pyrrole nitrogens is 1. The molecule has 10 N–H and O–H groups in total. The lowest BCUT2D eigenvalue weighted by molar-refractivity contribution is -0.147. The van der Waals surface area contributed by atoms with Gasteiger partial charge in [-0.1, -0.05) is 0 Å². The first kappa shape index (κ1) is 27.5. The normalized spacial score (nSPS) is 14.4. The minimum atomic E-state index is -1.66. The maximum absolute atomic E-state index is 12.7. The Kier molecular flexibility index (Phi) is 11.5. The molecule has 0 saturated carbocycles. The number of imidazole rings is 1. The standard InChI is InChI=1S/C19H31N7O7/c1-10(16(29)26-14(19(32)33)7-15(27)28)24-18(31)13(4-2-3-5-20)25-17(30)12(21)6-11-8-22-9-23-11/h8-10,12-14H,2-7,20-21H2,1H3,(H,22,23)(H,24,31)(H,25,30)(H,26,29)(H,27,28)(H,32,33). The van der Waals surface area contributed by atoms with Gasteiger partial charge in [0.15, 0.2) is 0 Å². The molecule has 4 unspecified atom stereocenters. The number of nitrogens with one attached hydrogen (secondary N) is 4. The van der Waals surface area contributed by atoms with Crippen molar-refractivity contribution in [2.24, 2.45) is 11.5 Å². The summed E-state index contributed by atoms with van der Waals surface area (Å²) in [6.07, 6.45) is 3.66. The summed E-state index contributed by atoms with van der Waals surface area (Å²) in [6.45, 7) is 1.69. The van der Waals surface area contributed by atoms with Crippen LogP contribution >= 0.6 is 0 Å². The number of unbranched alkanes of at least 4 members (excludes halogenated alkanes) is 1. The molecule has 0 aliphatic heterocycles. The molecule has 184 valence electrons. The van der Waals surface area contributed by atoms with Crippen LogP contribution in [0, 0.1) is 0 Å². The number of hydrogen-bond donors (Lipinski definition) is 8. The van der Waals surface area contributed by atoms with Gasteiger partial charge >= 0.3 is 11.9 Å². The lowest BCUT2D eigenvalue weighted by Gasteiger charge is -2.23. The molecule has 0 bridgehead atoms. The Hall–Kier alpha value is -3.52. The van der Waals surface area contributed by atoms with Gasteiger partial charge < -0.3 is 42.6 Å². The molecule has 1 aromatic rings. The first-order valence-corrected chi connectivity index (χ1v) is 10.3. The Balaban J connectivity index is 2.75. The highest BCUT2D eigenvalue weighted by Gasteiger charge is 2.29. The van der Waals surface area contributed by atoms with Gasteiger partial charge in [-0.3, -0.25) is 19.2 Å². The molecule has 1 aromatic heterocycles. The van der Waals surface area contributed by atoms with Crippen molar-refractivity contribution >= 4 is 29.7 Å². The zero-order valence-electron chi connectivity index (χ0n) is 18.2. The molecule has 0 aliphatic rings. The number of aromatic nitrogens is 2. The number of carbonyl (C=O) groups is 5. The average molecular weight is 469 g/mol. The van der Waals surface area contributed by atoms with E-state index in [2.05, 4.69) is 25.9 Å². The van der Waals surface area contributed by atoms with Crippen LogP contribution in [0.4, 0.5) is 0 Å². The molecule has 1 rings (SSSR count). The molecule has 0 spiro atoms. The van der Waals surface area contributed by atoms with E-state index in [4.69, 9.17) is 21.7 Å². The van der Waals surface area contributed by atoms with Crippen LogP contribution < -0.4 is 27.4 Å². The van der Waals surface area contributed by atoms with E-state index in [0.717, 1.165) is 0 Å². The van der Waals surface area contributed by atoms with Crippen molar-refractivity contribution < 1.29 is 34.2 Å². The molecule has 4 atom stereocenters. The SMILES string of the molecule is CC(NC(=O)C(CCCCN)NC(=O)C(N)Cc1cnc[nH]1)C(=O)NC(CC(=O)O)C(=O)O. The molecular formula is C19H31N7O7. The van der Waals surface area contributed by atoms with Gasteiger partial charge in [0.1, 0.15) is 18.1 Å². The summed E-state index contributed by atoms with van der Waals surface area (Å²) in [6, 6.07) is -4.82. The second-order valence-corrected chi connectivity index (χ2v) is 7.46. The number of nitrogens with two attached hydrogens (primary N) is 2. The summed E-state index contributed by atoms with van der Waals surface area (Å²) in [5.41, 5.74) is 12.0. The maximum Gasteiger partial charge on any atom is 0.326 e. The molecule has 0 aromatic carbocycles. The number of aliphatic carboxylic acids is 2. The fourth-order valence-electron chi connectivity index (χ4n) is 2.82. The zero-order valence-corrected chi connectivity index (χ0v) is 18.2. The van der Waals surface area contributed by atoms with Crippen LogP contribution in [0.2, 0.25) is 0 Å². The number of nitrogens with zero attached hydrogens (tertiary/aromatic N) is 1. The summed E-state index contributed by atoms with van der Waals surface area (Å²) >= 11 is 0. The van der Waals surface area contributed by atoms with Gasteiger partial charge in [0.2, 0.25) is 17.7 Å². The van der Waals surface area contributed by atoms with Gasteiger partial charge in [-0.2, -0.15) is 0 Å². The van der Waals surface area contributed by atoms with Crippen molar-refractivity contribution in [3.05, 3.63) is 18.2 Å². The Bertz CT molecular complexity index is 815. The van der Waals surface area contributed by atoms with Crippen LogP contribution in [0.3, 0.4) is 0 Å². The third kappa shape index (κ3) is 10.1. The van der Waals surface area contributed by atoms with Gasteiger partial charge in [-0.15, -0.1) is 0 Å². The molecule has 14 nitrogen and oxygen atoms in total. The van der Waals surface area contributed by atoms with E-state index < -0.39 is 60.2 Å². The number of aromatic amines is 1. The summed E-state index contributed by atoms with van der Waals surface area (Å²) in [5, 5.41) is 24.8. The summed E-state index contributed by atoms with van der Waals surface area (Å²) in [7, 11) is 0. The van der Waals surface area contributed by atoms with Crippen LogP contribution in [0.25, 0.3) is 0 Å². The Morgan fingerprint density at radius 1 is 1.03 bits per heavy atom. The van der Waals surface area contributed by atoms with E-state index in [1.807, 2.05) is 0 Å². The fraction of sp³-hybridized carbons (Fsp3) is 0.579. The molecule has 3 amide bonds. The van der Waals surface area contributed by atoms with E-state index in [1.54, 1.807) is 0 Å². The van der Waals surface area contributed by atoms with Crippen molar-refractivity contribution in [3.63, 3.8) is 0 Å². The number of rotatable bonds is 15. The van der Waals surface area contributed by atoms with Gasteiger partial charge in [-0.25, -0.2) is 9.78 Å². The van der Waals surface area contributed by atoms with Crippen LogP contribution in [0.1, 0.15) is 38.3 Å². The van der Waals surface area contributed by atoms with Crippen LogP contribution in [0.5, 0.6) is 0 Å². The topological polar surface area (TPSA) is 243 Å². The van der Waals surface area contributed by atoms with E-state index in [9.17, 15) is 24.0 Å². The lowest BCUT2D eigenvalue weighted by atomic mass is 10.1. The van der Waals surface area contributed by atoms with E-state index in [0.29, 0.717) is 25.1 Å². The average Bonchev–Trinajstić information content (AvgIpc) is 3.24. The molecule has 33 heavy (non-hydrogen) atoms. The first-order valence-electron chi connectivity index (χ1n) is 10.3. The molecular weight excluding hydrogens is 438 g/mol. The highest BCUT2D eigenvalue weighted by atomic mass is 16.4. The van der Waals surface area contributed by atoms with E-state index in [-0.39, 0.29) is 12.8 Å². The van der Waals surface area contributed by atoms with Gasteiger partial charge in [0, 0.05) is 18.3 Å². The van der Waals surface area contributed by atoms with Crippen molar-refractivity contribution in [1.82, 2.24) is 25.9 Å². The minimum Gasteiger partial charge on any atom is -0.481 e. The first-order chi connectivity index (χ1) is 15.5. The fourth-order valence-corrected chi connectivity index (χ4v) is 2.82. The van der Waals surface area contributed by atoms with Crippen molar-refractivity contribution in [2.45, 2.75) is 63.2 Å². The second-order valence-electron chi connectivity index (χ2n) is 7.46. The number of carbonyl (C=O) groups excluding carboxylic acids is 3. The number of carboxylic acids is 2. The Morgan fingerprint density at radius 3 is 2.24 bits per heavy atom. The number of amides is 3. The van der Waals surface area contributed by atoms with Gasteiger partial charge in [0.25, 0.3) is 0 Å². The number of hydrogen-bond acceptors (Lipinski definition) is 8. The maximum atomic E-state index is 12.7. The lowest BCUT2D eigenvalue weighted by Crippen LogP contribution is -2.56. The van der Waals surface area contributed by atoms with Gasteiger partial charge in [0.05, 0.1) is 18.8 Å². The Morgan fingerprint density at radius 2 is 1.70 bits per heavy atom. The molecule has 0 saturated heterocycles. The predicted molar refractivity (Wildman–Crippen MR) is 115 cm³/mol. The smallest absolute Gasteiger partial charge is 0.326 e. The van der Waals surface area contributed by atoms with Crippen molar-refractivity contribution in [2.75, 3.05) is 6.54 Å². The quantitative estimate of drug-likeness (QED) is 0.125. The van der Waals surface area contributed by atoms with E-state index >= 15 is 0 Å². The third-order valence-electron chi connectivity index (χ3n) is 4.66. The summed E-state index contributed by atoms with van der Waals surface area (Å²) < 4.78 is 0. The highest BCUT2D eigenvalue weighted by molar-refractivity contribution is 5.94. The molecule has 0 fully saturated rings. The largest absolute Gasteiger partial charge is 0.481 e. The Labute approximate surface area is 189 Å². The van der Waals surface area contributed by atoms with Crippen LogP contribution in [0.15, 0.2) is 12.5 Å². The summed E-state index contributed by atoms with van der Waals surface area (Å²) in [4.78, 5) is 66.0. The molecule has 1 heterocycles. The number of carboxylic acid groups (broad SMARTS) is 2. The van der Waals surface area contributed by atoms with Crippen molar-refractivity contribution in [3.8, 4) is 0 Å². The monoisotopic (exact) mass is 469 g/mol. The van der Waals surface area contributed by atoms with Gasteiger partial charge in [-0.05, 0) is 32.7 Å². The third-order valence-corrected chi connectivity index (χ3v) is 4.66. The van der Waals surface area contributed by atoms with E-state index in [1.165, 1.54) is 19.4 Å². The molecule has 0 aliphatic carbocycles. The zero-order chi connectivity index (χ0) is 25.0. The predicted octanol–water partition coefficient (Wildman–Crippen LogP) is -2.56. The highest BCUT2D eigenvalue weighted by Crippen LogP contribution is 2.04. The summed E-state index contributed by atoms with van der Waals surface area (Å²) in [5.74, 6) is -5.08. The minimum absolute atomic E-state index is 0.169. The van der Waals surface area contributed by atoms with Crippen molar-refractivity contribution in [1.29, 1.82) is 0 Å². The molecule has 14 heteroatoms. The molecule has 0 radical (unpaired) electrons. The van der Waals surface area contributed by atoms with Crippen LogP contribution in [-0.4, -0.2) is 80.6 Å². The second kappa shape index (κ2) is 13.8.